The smallest absolute Gasteiger partial charge is 0.129 e. The van der Waals surface area contributed by atoms with Crippen molar-refractivity contribution in [1.82, 2.24) is 4.98 Å². The molecule has 0 aliphatic heterocycles. The van der Waals surface area contributed by atoms with E-state index in [0.717, 1.165) is 22.3 Å². The molecule has 3 nitrogen and oxygen atoms in total. The molecule has 90 valence electrons. The average molecular weight is 230 g/mol. The Morgan fingerprint density at radius 1 is 1.29 bits per heavy atom. The number of pyridine rings is 1. The Morgan fingerprint density at radius 3 is 2.65 bits per heavy atom. The highest BCUT2D eigenvalue weighted by molar-refractivity contribution is 5.84. The molecule has 0 atom stereocenters. The van der Waals surface area contributed by atoms with Crippen LogP contribution in [-0.4, -0.2) is 23.2 Å². The fourth-order valence-corrected chi connectivity index (χ4v) is 1.81. The van der Waals surface area contributed by atoms with E-state index >= 15 is 0 Å². The fourth-order valence-electron chi connectivity index (χ4n) is 1.81. The first-order valence-electron chi connectivity index (χ1n) is 5.86. The Kier molecular flexibility index (Phi) is 3.29. The van der Waals surface area contributed by atoms with Crippen molar-refractivity contribution in [3.8, 4) is 0 Å². The van der Waals surface area contributed by atoms with Crippen LogP contribution >= 0.6 is 0 Å². The summed E-state index contributed by atoms with van der Waals surface area (Å²) in [6.07, 6.45) is 0. The molecule has 2 aromatic rings. The standard InChI is InChI=1S/C14H18N2O/c1-10(2)16(3)14-8-11(9-17)12-6-4-5-7-13(12)15-14/h4-8,10,17H,9H2,1-3H3. The molecule has 2 rings (SSSR count). The Bertz CT molecular complexity index is 523. The van der Waals surface area contributed by atoms with Crippen LogP contribution in [-0.2, 0) is 6.61 Å². The van der Waals surface area contributed by atoms with Gasteiger partial charge < -0.3 is 10.0 Å². The summed E-state index contributed by atoms with van der Waals surface area (Å²) in [7, 11) is 2.02. The first kappa shape index (κ1) is 11.9. The third-order valence-electron chi connectivity index (χ3n) is 3.09. The van der Waals surface area contributed by atoms with Gasteiger partial charge in [-0.15, -0.1) is 0 Å². The summed E-state index contributed by atoms with van der Waals surface area (Å²) in [5.74, 6) is 0.905. The van der Waals surface area contributed by atoms with E-state index in [1.54, 1.807) is 0 Å². The number of benzene rings is 1. The summed E-state index contributed by atoms with van der Waals surface area (Å²) in [4.78, 5) is 6.72. The Hall–Kier alpha value is -1.61. The maximum atomic E-state index is 9.43. The zero-order valence-corrected chi connectivity index (χ0v) is 10.5. The lowest BCUT2D eigenvalue weighted by Crippen LogP contribution is -2.26. The molecule has 0 aliphatic carbocycles. The third kappa shape index (κ3) is 2.24. The van der Waals surface area contributed by atoms with Gasteiger partial charge in [0.05, 0.1) is 12.1 Å². The number of aliphatic hydroxyl groups is 1. The maximum absolute atomic E-state index is 9.43. The van der Waals surface area contributed by atoms with Crippen LogP contribution in [0.5, 0.6) is 0 Å². The molecule has 0 radical (unpaired) electrons. The SMILES string of the molecule is CC(C)N(C)c1cc(CO)c2ccccc2n1. The van der Waals surface area contributed by atoms with Gasteiger partial charge in [0, 0.05) is 18.5 Å². The first-order chi connectivity index (χ1) is 8.13. The summed E-state index contributed by atoms with van der Waals surface area (Å²) in [6.45, 7) is 4.28. The minimum atomic E-state index is 0.0436. The molecule has 0 saturated heterocycles. The second-order valence-corrected chi connectivity index (χ2v) is 4.52. The van der Waals surface area contributed by atoms with E-state index in [1.807, 2.05) is 37.4 Å². The summed E-state index contributed by atoms with van der Waals surface area (Å²) in [5.41, 5.74) is 1.86. The van der Waals surface area contributed by atoms with Crippen molar-refractivity contribution >= 4 is 16.7 Å². The molecule has 1 N–H and O–H groups in total. The van der Waals surface area contributed by atoms with Crippen molar-refractivity contribution in [2.75, 3.05) is 11.9 Å². The largest absolute Gasteiger partial charge is 0.392 e. The molecule has 0 fully saturated rings. The van der Waals surface area contributed by atoms with Gasteiger partial charge in [0.25, 0.3) is 0 Å². The lowest BCUT2D eigenvalue weighted by molar-refractivity contribution is 0.283. The van der Waals surface area contributed by atoms with Gasteiger partial charge in [-0.05, 0) is 31.5 Å². The molecule has 1 aromatic heterocycles. The van der Waals surface area contributed by atoms with Crippen molar-refractivity contribution in [2.24, 2.45) is 0 Å². The summed E-state index contributed by atoms with van der Waals surface area (Å²) < 4.78 is 0. The molecule has 1 heterocycles. The Labute approximate surface area is 102 Å². The summed E-state index contributed by atoms with van der Waals surface area (Å²) in [5, 5.41) is 10.5. The highest BCUT2D eigenvalue weighted by Gasteiger charge is 2.10. The van der Waals surface area contributed by atoms with Crippen LogP contribution in [0.15, 0.2) is 30.3 Å². The second-order valence-electron chi connectivity index (χ2n) is 4.52. The van der Waals surface area contributed by atoms with Crippen molar-refractivity contribution in [3.63, 3.8) is 0 Å². The van der Waals surface area contributed by atoms with Crippen molar-refractivity contribution < 1.29 is 5.11 Å². The van der Waals surface area contributed by atoms with Gasteiger partial charge >= 0.3 is 0 Å². The zero-order chi connectivity index (χ0) is 12.4. The monoisotopic (exact) mass is 230 g/mol. The molecule has 0 bridgehead atoms. The van der Waals surface area contributed by atoms with E-state index in [4.69, 9.17) is 0 Å². The topological polar surface area (TPSA) is 36.4 Å². The quantitative estimate of drug-likeness (QED) is 0.880. The van der Waals surface area contributed by atoms with Crippen LogP contribution in [0.4, 0.5) is 5.82 Å². The van der Waals surface area contributed by atoms with Gasteiger partial charge in [-0.1, -0.05) is 18.2 Å². The van der Waals surface area contributed by atoms with Crippen LogP contribution in [0.3, 0.4) is 0 Å². The predicted molar refractivity (Wildman–Crippen MR) is 71.2 cm³/mol. The van der Waals surface area contributed by atoms with Crippen LogP contribution in [0.1, 0.15) is 19.4 Å². The van der Waals surface area contributed by atoms with Gasteiger partial charge in [-0.3, -0.25) is 0 Å². The molecule has 1 aromatic carbocycles. The third-order valence-corrected chi connectivity index (χ3v) is 3.09. The van der Waals surface area contributed by atoms with Gasteiger partial charge in [-0.2, -0.15) is 0 Å². The molecular formula is C14H18N2O. The van der Waals surface area contributed by atoms with Crippen LogP contribution in [0.25, 0.3) is 10.9 Å². The average Bonchev–Trinajstić information content (AvgIpc) is 2.36. The number of hydrogen-bond donors (Lipinski definition) is 1. The van der Waals surface area contributed by atoms with Gasteiger partial charge in [0.15, 0.2) is 0 Å². The van der Waals surface area contributed by atoms with Crippen LogP contribution in [0, 0.1) is 0 Å². The zero-order valence-electron chi connectivity index (χ0n) is 10.5. The molecule has 0 spiro atoms. The number of anilines is 1. The highest BCUT2D eigenvalue weighted by atomic mass is 16.3. The number of fused-ring (bicyclic) bond motifs is 1. The molecule has 0 aliphatic rings. The van der Waals surface area contributed by atoms with Crippen molar-refractivity contribution in [3.05, 3.63) is 35.9 Å². The fraction of sp³-hybridized carbons (Fsp3) is 0.357. The molecule has 0 saturated carbocycles. The molecule has 3 heteroatoms. The van der Waals surface area contributed by atoms with Gasteiger partial charge in [0.1, 0.15) is 5.82 Å². The van der Waals surface area contributed by atoms with E-state index in [9.17, 15) is 5.11 Å². The number of para-hydroxylation sites is 1. The van der Waals surface area contributed by atoms with Crippen LogP contribution in [0.2, 0.25) is 0 Å². The molecule has 0 amide bonds. The number of nitrogens with zero attached hydrogens (tertiary/aromatic N) is 2. The number of aromatic nitrogens is 1. The van der Waals surface area contributed by atoms with E-state index < -0.39 is 0 Å². The number of aliphatic hydroxyl groups excluding tert-OH is 1. The van der Waals surface area contributed by atoms with Gasteiger partial charge in [-0.25, -0.2) is 4.98 Å². The Morgan fingerprint density at radius 2 is 2.00 bits per heavy atom. The minimum absolute atomic E-state index is 0.0436. The van der Waals surface area contributed by atoms with Crippen molar-refractivity contribution in [2.45, 2.75) is 26.5 Å². The normalized spacial score (nSPS) is 11.1. The summed E-state index contributed by atoms with van der Waals surface area (Å²) in [6, 6.07) is 10.3. The Balaban J connectivity index is 2.60. The molecular weight excluding hydrogens is 212 g/mol. The van der Waals surface area contributed by atoms with E-state index in [1.165, 1.54) is 0 Å². The molecule has 17 heavy (non-hydrogen) atoms. The number of hydrogen-bond acceptors (Lipinski definition) is 3. The van der Waals surface area contributed by atoms with Crippen LogP contribution < -0.4 is 4.90 Å². The molecule has 0 unspecified atom stereocenters. The van der Waals surface area contributed by atoms with E-state index in [2.05, 4.69) is 23.7 Å². The van der Waals surface area contributed by atoms with Crippen molar-refractivity contribution in [1.29, 1.82) is 0 Å². The van der Waals surface area contributed by atoms with Gasteiger partial charge in [0.2, 0.25) is 0 Å². The minimum Gasteiger partial charge on any atom is -0.392 e. The lowest BCUT2D eigenvalue weighted by Gasteiger charge is -2.23. The lowest BCUT2D eigenvalue weighted by atomic mass is 10.1. The van der Waals surface area contributed by atoms with E-state index in [0.29, 0.717) is 6.04 Å². The summed E-state index contributed by atoms with van der Waals surface area (Å²) >= 11 is 0. The highest BCUT2D eigenvalue weighted by Crippen LogP contribution is 2.23. The number of rotatable bonds is 3. The van der Waals surface area contributed by atoms with E-state index in [-0.39, 0.29) is 6.61 Å². The predicted octanol–water partition coefficient (Wildman–Crippen LogP) is 2.57. The second kappa shape index (κ2) is 4.72. The maximum Gasteiger partial charge on any atom is 0.129 e. The first-order valence-corrected chi connectivity index (χ1v) is 5.86.